The molecule has 1 fully saturated rings. The molecular formula is C13H13ClF5NO2. The molecule has 0 radical (unpaired) electrons. The number of aliphatic carboxylic acids is 1. The van der Waals surface area contributed by atoms with Crippen LogP contribution < -0.4 is 0 Å². The van der Waals surface area contributed by atoms with Gasteiger partial charge in [0.25, 0.3) is 0 Å². The van der Waals surface area contributed by atoms with Crippen LogP contribution in [0.15, 0.2) is 18.2 Å². The van der Waals surface area contributed by atoms with Crippen molar-refractivity contribution in [3.05, 3.63) is 35.4 Å². The minimum atomic E-state index is -4.63. The monoisotopic (exact) mass is 345 g/mol. The number of benzene rings is 1. The molecule has 1 heterocycles. The van der Waals surface area contributed by atoms with Gasteiger partial charge < -0.3 is 5.11 Å². The highest BCUT2D eigenvalue weighted by atomic mass is 35.5. The van der Waals surface area contributed by atoms with Gasteiger partial charge in [0.1, 0.15) is 11.6 Å². The van der Waals surface area contributed by atoms with Crippen LogP contribution in [0.5, 0.6) is 0 Å². The Bertz CT molecular complexity index is 552. The van der Waals surface area contributed by atoms with Gasteiger partial charge in [0, 0.05) is 31.3 Å². The van der Waals surface area contributed by atoms with E-state index in [0.717, 1.165) is 12.1 Å². The second kappa shape index (κ2) is 6.78. The Morgan fingerprint density at radius 2 is 1.91 bits per heavy atom. The molecule has 1 aromatic rings. The Morgan fingerprint density at radius 1 is 1.27 bits per heavy atom. The van der Waals surface area contributed by atoms with Crippen molar-refractivity contribution >= 4 is 18.4 Å². The molecule has 0 saturated carbocycles. The molecular weight excluding hydrogens is 333 g/mol. The summed E-state index contributed by atoms with van der Waals surface area (Å²) in [7, 11) is 0. The second-order valence-electron chi connectivity index (χ2n) is 5.02. The fraction of sp³-hybridized carbons (Fsp3) is 0.462. The van der Waals surface area contributed by atoms with Crippen LogP contribution >= 0.6 is 12.4 Å². The summed E-state index contributed by atoms with van der Waals surface area (Å²) < 4.78 is 64.7. The zero-order valence-electron chi connectivity index (χ0n) is 11.1. The first-order valence-corrected chi connectivity index (χ1v) is 6.14. The third kappa shape index (κ3) is 4.07. The summed E-state index contributed by atoms with van der Waals surface area (Å²) in [5.74, 6) is -6.74. The number of carboxylic acids is 1. The lowest BCUT2D eigenvalue weighted by atomic mass is 9.96. The minimum Gasteiger partial charge on any atom is -0.481 e. The fourth-order valence-corrected chi connectivity index (χ4v) is 2.49. The molecule has 2 atom stereocenters. The third-order valence-corrected chi connectivity index (χ3v) is 3.54. The lowest BCUT2D eigenvalue weighted by Gasteiger charge is -2.18. The van der Waals surface area contributed by atoms with Crippen molar-refractivity contribution in [2.24, 2.45) is 11.8 Å². The first-order chi connectivity index (χ1) is 9.68. The summed E-state index contributed by atoms with van der Waals surface area (Å²) in [6.45, 7) is -1.03. The Labute approximate surface area is 129 Å². The van der Waals surface area contributed by atoms with Gasteiger partial charge in [0.2, 0.25) is 0 Å². The molecule has 1 aliphatic heterocycles. The molecule has 124 valence electrons. The summed E-state index contributed by atoms with van der Waals surface area (Å²) in [6, 6.07) is 2.78. The van der Waals surface area contributed by atoms with Crippen molar-refractivity contribution in [1.29, 1.82) is 0 Å². The summed E-state index contributed by atoms with van der Waals surface area (Å²) >= 11 is 0. The molecule has 2 rings (SSSR count). The fourth-order valence-electron chi connectivity index (χ4n) is 2.49. The molecule has 1 aliphatic rings. The topological polar surface area (TPSA) is 40.5 Å². The van der Waals surface area contributed by atoms with Crippen LogP contribution in [0.25, 0.3) is 0 Å². The first-order valence-electron chi connectivity index (χ1n) is 6.14. The van der Waals surface area contributed by atoms with Crippen LogP contribution in [0, 0.1) is 23.5 Å². The van der Waals surface area contributed by atoms with Crippen LogP contribution in [0.3, 0.4) is 0 Å². The van der Waals surface area contributed by atoms with E-state index in [1.54, 1.807) is 0 Å². The molecule has 0 aliphatic carbocycles. The molecule has 1 aromatic carbocycles. The van der Waals surface area contributed by atoms with Crippen molar-refractivity contribution in [1.82, 2.24) is 4.90 Å². The smallest absolute Gasteiger partial charge is 0.393 e. The highest BCUT2D eigenvalue weighted by molar-refractivity contribution is 5.85. The average Bonchev–Trinajstić information content (AvgIpc) is 2.77. The van der Waals surface area contributed by atoms with Crippen LogP contribution in [0.1, 0.15) is 5.56 Å². The van der Waals surface area contributed by atoms with Gasteiger partial charge in [0.15, 0.2) is 0 Å². The highest BCUT2D eigenvalue weighted by Crippen LogP contribution is 2.38. The molecule has 0 bridgehead atoms. The zero-order valence-corrected chi connectivity index (χ0v) is 11.9. The van der Waals surface area contributed by atoms with Gasteiger partial charge in [0.05, 0.1) is 11.8 Å². The van der Waals surface area contributed by atoms with Crippen LogP contribution in [0.2, 0.25) is 0 Å². The maximum Gasteiger partial charge on any atom is 0.393 e. The van der Waals surface area contributed by atoms with Gasteiger partial charge in [-0.25, -0.2) is 8.78 Å². The molecule has 0 aromatic heterocycles. The number of hydrogen-bond donors (Lipinski definition) is 1. The predicted octanol–water partition coefficient (Wildman–Crippen LogP) is 3.08. The number of likely N-dealkylation sites (tertiary alicyclic amines) is 1. The van der Waals surface area contributed by atoms with E-state index in [1.807, 2.05) is 0 Å². The summed E-state index contributed by atoms with van der Waals surface area (Å²) in [6.07, 6.45) is -4.63. The van der Waals surface area contributed by atoms with Crippen molar-refractivity contribution in [3.63, 3.8) is 0 Å². The Morgan fingerprint density at radius 3 is 2.36 bits per heavy atom. The Balaban J connectivity index is 0.00000242. The Kier molecular flexibility index (Phi) is 5.75. The molecule has 3 nitrogen and oxygen atoms in total. The van der Waals surface area contributed by atoms with E-state index >= 15 is 0 Å². The van der Waals surface area contributed by atoms with Crippen molar-refractivity contribution in [3.8, 4) is 0 Å². The van der Waals surface area contributed by atoms with E-state index in [1.165, 1.54) is 4.90 Å². The van der Waals surface area contributed by atoms with Gasteiger partial charge in [-0.2, -0.15) is 13.2 Å². The van der Waals surface area contributed by atoms with Gasteiger partial charge >= 0.3 is 12.1 Å². The van der Waals surface area contributed by atoms with E-state index in [0.29, 0.717) is 6.07 Å². The summed E-state index contributed by atoms with van der Waals surface area (Å²) in [4.78, 5) is 12.1. The molecule has 9 heteroatoms. The molecule has 0 amide bonds. The molecule has 0 spiro atoms. The number of alkyl halides is 3. The highest BCUT2D eigenvalue weighted by Gasteiger charge is 2.52. The number of hydrogen-bond acceptors (Lipinski definition) is 2. The maximum absolute atomic E-state index is 13.5. The van der Waals surface area contributed by atoms with Gasteiger partial charge in [-0.3, -0.25) is 9.69 Å². The zero-order chi connectivity index (χ0) is 15.8. The molecule has 22 heavy (non-hydrogen) atoms. The Hall–Kier alpha value is -1.41. The largest absolute Gasteiger partial charge is 0.481 e. The summed E-state index contributed by atoms with van der Waals surface area (Å²) in [5, 5.41) is 8.87. The van der Waals surface area contributed by atoms with Gasteiger partial charge in [-0.05, 0) is 6.07 Å². The summed E-state index contributed by atoms with van der Waals surface area (Å²) in [5.41, 5.74) is 0.0309. The lowest BCUT2D eigenvalue weighted by molar-refractivity contribution is -0.188. The van der Waals surface area contributed by atoms with E-state index in [-0.39, 0.29) is 31.1 Å². The van der Waals surface area contributed by atoms with Crippen molar-refractivity contribution < 1.29 is 31.9 Å². The second-order valence-corrected chi connectivity index (χ2v) is 5.02. The first kappa shape index (κ1) is 18.6. The third-order valence-electron chi connectivity index (χ3n) is 3.54. The number of halogens is 6. The normalized spacial score (nSPS) is 22.4. The van der Waals surface area contributed by atoms with E-state index in [2.05, 4.69) is 0 Å². The lowest BCUT2D eigenvalue weighted by Crippen LogP contribution is -2.33. The van der Waals surface area contributed by atoms with E-state index < -0.39 is 42.2 Å². The number of rotatable bonds is 3. The van der Waals surface area contributed by atoms with E-state index in [4.69, 9.17) is 5.11 Å². The van der Waals surface area contributed by atoms with E-state index in [9.17, 15) is 26.7 Å². The maximum atomic E-state index is 13.5. The quantitative estimate of drug-likeness (QED) is 0.856. The van der Waals surface area contributed by atoms with Crippen LogP contribution in [-0.4, -0.2) is 35.2 Å². The molecule has 0 unspecified atom stereocenters. The van der Waals surface area contributed by atoms with Crippen molar-refractivity contribution in [2.75, 3.05) is 13.1 Å². The van der Waals surface area contributed by atoms with Gasteiger partial charge in [-0.15, -0.1) is 12.4 Å². The molecule has 1 saturated heterocycles. The molecule has 1 N–H and O–H groups in total. The minimum absolute atomic E-state index is 0. The number of carbonyl (C=O) groups is 1. The van der Waals surface area contributed by atoms with Crippen molar-refractivity contribution in [2.45, 2.75) is 12.7 Å². The standard InChI is InChI=1S/C13H12F5NO2.ClH/c14-8-2-1-7(11(15)3-8)4-19-5-9(12(20)21)10(6-19)13(16,17)18;/h1-3,9-10H,4-6H2,(H,20,21);1H/t9-,10-;/m1./s1. The number of nitrogens with zero attached hydrogens (tertiary/aromatic N) is 1. The average molecular weight is 346 g/mol. The SMILES string of the molecule is Cl.O=C(O)[C@@H]1CN(Cc2ccc(F)cc2F)C[C@H]1C(F)(F)F. The van der Waals surface area contributed by atoms with Gasteiger partial charge in [-0.1, -0.05) is 6.07 Å². The number of carboxylic acid groups (broad SMARTS) is 1. The predicted molar refractivity (Wildman–Crippen MR) is 69.6 cm³/mol. The van der Waals surface area contributed by atoms with Crippen LogP contribution in [-0.2, 0) is 11.3 Å². The van der Waals surface area contributed by atoms with Crippen LogP contribution in [0.4, 0.5) is 22.0 Å².